The second-order valence-electron chi connectivity index (χ2n) is 4.78. The Kier molecular flexibility index (Phi) is 3.44. The molecule has 0 saturated heterocycles. The average molecular weight is 312 g/mol. The Hall–Kier alpha value is -1.89. The van der Waals surface area contributed by atoms with Gasteiger partial charge in [0.1, 0.15) is 0 Å². The lowest BCUT2D eigenvalue weighted by molar-refractivity contribution is -0.137. The number of alkyl halides is 3. The highest BCUT2D eigenvalue weighted by molar-refractivity contribution is 7.15. The minimum Gasteiger partial charge on any atom is -0.298 e. The van der Waals surface area contributed by atoms with E-state index in [1.807, 2.05) is 0 Å². The van der Waals surface area contributed by atoms with Gasteiger partial charge in [0.05, 0.1) is 11.3 Å². The summed E-state index contributed by atoms with van der Waals surface area (Å²) in [6.45, 7) is 0. The van der Waals surface area contributed by atoms with Gasteiger partial charge in [-0.05, 0) is 37.5 Å². The fraction of sp³-hybridized carbons (Fsp3) is 0.286. The van der Waals surface area contributed by atoms with Crippen LogP contribution in [0.1, 0.15) is 32.9 Å². The number of anilines is 1. The predicted molar refractivity (Wildman–Crippen MR) is 73.5 cm³/mol. The summed E-state index contributed by atoms with van der Waals surface area (Å²) in [5.74, 6) is -0.575. The Labute approximate surface area is 122 Å². The number of nitrogens with zero attached hydrogens (tertiary/aromatic N) is 1. The van der Waals surface area contributed by atoms with Gasteiger partial charge in [-0.2, -0.15) is 13.2 Å². The van der Waals surface area contributed by atoms with Gasteiger partial charge in [-0.3, -0.25) is 10.1 Å². The van der Waals surface area contributed by atoms with E-state index in [2.05, 4.69) is 10.3 Å². The zero-order valence-corrected chi connectivity index (χ0v) is 11.6. The summed E-state index contributed by atoms with van der Waals surface area (Å²) in [6.07, 6.45) is -1.55. The highest BCUT2D eigenvalue weighted by Crippen LogP contribution is 2.31. The number of aromatic nitrogens is 1. The Morgan fingerprint density at radius 2 is 2.10 bits per heavy atom. The Bertz CT molecular complexity index is 672. The third kappa shape index (κ3) is 2.92. The van der Waals surface area contributed by atoms with Gasteiger partial charge in [-0.1, -0.05) is 6.07 Å². The van der Waals surface area contributed by atoms with Gasteiger partial charge in [0.15, 0.2) is 5.13 Å². The van der Waals surface area contributed by atoms with Crippen LogP contribution in [0.5, 0.6) is 0 Å². The van der Waals surface area contributed by atoms with E-state index in [4.69, 9.17) is 0 Å². The first-order valence-corrected chi connectivity index (χ1v) is 7.22. The van der Waals surface area contributed by atoms with Crippen LogP contribution in [0.2, 0.25) is 0 Å². The van der Waals surface area contributed by atoms with E-state index in [1.165, 1.54) is 23.5 Å². The first-order chi connectivity index (χ1) is 9.93. The number of carbonyl (C=O) groups is 1. The number of thiazole rings is 1. The zero-order valence-electron chi connectivity index (χ0n) is 10.8. The maximum atomic E-state index is 12.6. The summed E-state index contributed by atoms with van der Waals surface area (Å²) in [7, 11) is 0. The van der Waals surface area contributed by atoms with Gasteiger partial charge >= 0.3 is 6.18 Å². The van der Waals surface area contributed by atoms with Crippen LogP contribution in [-0.2, 0) is 19.0 Å². The lowest BCUT2D eigenvalue weighted by Crippen LogP contribution is -2.13. The second kappa shape index (κ2) is 5.14. The first kappa shape index (κ1) is 14.1. The molecule has 0 spiro atoms. The van der Waals surface area contributed by atoms with Crippen LogP contribution in [0.4, 0.5) is 18.3 Å². The molecule has 0 radical (unpaired) electrons. The molecule has 1 aromatic carbocycles. The van der Waals surface area contributed by atoms with Crippen molar-refractivity contribution >= 4 is 22.4 Å². The van der Waals surface area contributed by atoms with Gasteiger partial charge < -0.3 is 0 Å². The summed E-state index contributed by atoms with van der Waals surface area (Å²) in [6, 6.07) is 4.36. The summed E-state index contributed by atoms with van der Waals surface area (Å²) in [5, 5.41) is 3.01. The third-order valence-corrected chi connectivity index (χ3v) is 4.34. The molecule has 3 rings (SSSR count). The number of hydrogen-bond acceptors (Lipinski definition) is 3. The molecular formula is C14H11F3N2OS. The molecule has 3 nitrogen and oxygen atoms in total. The van der Waals surface area contributed by atoms with Gasteiger partial charge in [0.25, 0.3) is 5.91 Å². The van der Waals surface area contributed by atoms with Gasteiger partial charge in [0, 0.05) is 10.4 Å². The normalized spacial score (nSPS) is 14.0. The minimum atomic E-state index is -4.46. The maximum absolute atomic E-state index is 12.6. The largest absolute Gasteiger partial charge is 0.416 e. The topological polar surface area (TPSA) is 42.0 Å². The quantitative estimate of drug-likeness (QED) is 0.913. The van der Waals surface area contributed by atoms with Crippen LogP contribution < -0.4 is 5.32 Å². The molecule has 1 aliphatic carbocycles. The number of fused-ring (bicyclic) bond motifs is 1. The van der Waals surface area contributed by atoms with Gasteiger partial charge in [0.2, 0.25) is 0 Å². The van der Waals surface area contributed by atoms with E-state index >= 15 is 0 Å². The minimum absolute atomic E-state index is 0.0276. The van der Waals surface area contributed by atoms with Gasteiger partial charge in [-0.15, -0.1) is 11.3 Å². The standard InChI is InChI=1S/C14H11F3N2OS/c15-14(16,17)9-4-1-3-8(7-9)12(20)19-13-18-10-5-2-6-11(10)21-13/h1,3-4,7H,2,5-6H2,(H,18,19,20). The van der Waals surface area contributed by atoms with E-state index in [1.54, 1.807) is 0 Å². The monoisotopic (exact) mass is 312 g/mol. The SMILES string of the molecule is O=C(Nc1nc2c(s1)CCC2)c1cccc(C(F)(F)F)c1. The van der Waals surface area contributed by atoms with Crippen molar-refractivity contribution in [1.29, 1.82) is 0 Å². The maximum Gasteiger partial charge on any atom is 0.416 e. The number of benzene rings is 1. The van der Waals surface area contributed by atoms with Crippen LogP contribution in [0.3, 0.4) is 0 Å². The molecule has 0 bridgehead atoms. The molecule has 1 heterocycles. The van der Waals surface area contributed by atoms with Crippen molar-refractivity contribution in [3.05, 3.63) is 46.0 Å². The lowest BCUT2D eigenvalue weighted by Gasteiger charge is -2.08. The number of carbonyl (C=O) groups excluding carboxylic acids is 1. The first-order valence-electron chi connectivity index (χ1n) is 6.41. The Morgan fingerprint density at radius 1 is 1.29 bits per heavy atom. The fourth-order valence-electron chi connectivity index (χ4n) is 2.25. The Morgan fingerprint density at radius 3 is 2.81 bits per heavy atom. The van der Waals surface area contributed by atoms with Crippen LogP contribution >= 0.6 is 11.3 Å². The highest BCUT2D eigenvalue weighted by atomic mass is 32.1. The number of halogens is 3. The van der Waals surface area contributed by atoms with Crippen molar-refractivity contribution in [1.82, 2.24) is 4.98 Å². The lowest BCUT2D eigenvalue weighted by atomic mass is 10.1. The molecule has 0 unspecified atom stereocenters. The van der Waals surface area contributed by atoms with E-state index in [0.29, 0.717) is 5.13 Å². The molecule has 0 saturated carbocycles. The van der Waals surface area contributed by atoms with Crippen molar-refractivity contribution in [3.8, 4) is 0 Å². The molecule has 0 atom stereocenters. The van der Waals surface area contributed by atoms with E-state index in [-0.39, 0.29) is 5.56 Å². The predicted octanol–water partition coefficient (Wildman–Crippen LogP) is 3.90. The molecule has 2 aromatic rings. The van der Waals surface area contributed by atoms with Crippen LogP contribution in [-0.4, -0.2) is 10.9 Å². The van der Waals surface area contributed by atoms with Gasteiger partial charge in [-0.25, -0.2) is 4.98 Å². The molecule has 0 fully saturated rings. The molecule has 21 heavy (non-hydrogen) atoms. The van der Waals surface area contributed by atoms with Crippen molar-refractivity contribution in [3.63, 3.8) is 0 Å². The molecule has 1 aliphatic rings. The summed E-state index contributed by atoms with van der Waals surface area (Å²) in [5.41, 5.74) is 0.122. The zero-order chi connectivity index (χ0) is 15.0. The number of hydrogen-bond donors (Lipinski definition) is 1. The molecular weight excluding hydrogens is 301 g/mol. The third-order valence-electron chi connectivity index (χ3n) is 3.27. The van der Waals surface area contributed by atoms with E-state index in [9.17, 15) is 18.0 Å². The molecule has 1 amide bonds. The summed E-state index contributed by atoms with van der Waals surface area (Å²) >= 11 is 1.39. The van der Waals surface area contributed by atoms with Crippen LogP contribution in [0, 0.1) is 0 Å². The van der Waals surface area contributed by atoms with Crippen molar-refractivity contribution < 1.29 is 18.0 Å². The van der Waals surface area contributed by atoms with E-state index in [0.717, 1.165) is 42.0 Å². The summed E-state index contributed by atoms with van der Waals surface area (Å²) < 4.78 is 37.9. The van der Waals surface area contributed by atoms with E-state index < -0.39 is 17.6 Å². The molecule has 1 aromatic heterocycles. The number of aryl methyl sites for hydroxylation is 2. The molecule has 0 aliphatic heterocycles. The van der Waals surface area contributed by atoms with Crippen molar-refractivity contribution in [2.24, 2.45) is 0 Å². The number of rotatable bonds is 2. The fourth-order valence-corrected chi connectivity index (χ4v) is 3.29. The second-order valence-corrected chi connectivity index (χ2v) is 5.86. The molecule has 7 heteroatoms. The highest BCUT2D eigenvalue weighted by Gasteiger charge is 2.31. The number of nitrogens with one attached hydrogen (secondary N) is 1. The average Bonchev–Trinajstić information content (AvgIpc) is 2.98. The summed E-state index contributed by atoms with van der Waals surface area (Å²) in [4.78, 5) is 17.4. The molecule has 110 valence electrons. The number of amides is 1. The van der Waals surface area contributed by atoms with Crippen LogP contribution in [0.15, 0.2) is 24.3 Å². The van der Waals surface area contributed by atoms with Crippen molar-refractivity contribution in [2.75, 3.05) is 5.32 Å². The smallest absolute Gasteiger partial charge is 0.298 e. The van der Waals surface area contributed by atoms with Crippen LogP contribution in [0.25, 0.3) is 0 Å². The van der Waals surface area contributed by atoms with Crippen molar-refractivity contribution in [2.45, 2.75) is 25.4 Å². The Balaban J connectivity index is 1.78. The molecule has 1 N–H and O–H groups in total.